The van der Waals surface area contributed by atoms with Crippen LogP contribution < -0.4 is 10.6 Å². The molecule has 1 aliphatic carbocycles. The summed E-state index contributed by atoms with van der Waals surface area (Å²) in [6, 6.07) is 6.19. The van der Waals surface area contributed by atoms with Crippen molar-refractivity contribution in [2.75, 3.05) is 31.5 Å². The van der Waals surface area contributed by atoms with Gasteiger partial charge in [-0.25, -0.2) is 0 Å². The van der Waals surface area contributed by atoms with Crippen LogP contribution in [0.5, 0.6) is 0 Å². The van der Waals surface area contributed by atoms with Crippen molar-refractivity contribution in [2.45, 2.75) is 82.6 Å². The highest BCUT2D eigenvalue weighted by Gasteiger charge is 2.72. The van der Waals surface area contributed by atoms with E-state index in [1.54, 1.807) is 29.2 Å². The maximum Gasteiger partial charge on any atom is 0.246 e. The summed E-state index contributed by atoms with van der Waals surface area (Å²) in [5.41, 5.74) is -0.526. The van der Waals surface area contributed by atoms with E-state index in [1.807, 2.05) is 12.2 Å². The van der Waals surface area contributed by atoms with Gasteiger partial charge in [0, 0.05) is 23.3 Å². The molecule has 1 spiro atoms. The summed E-state index contributed by atoms with van der Waals surface area (Å²) in [6.45, 7) is 7.99. The first-order valence-electron chi connectivity index (χ1n) is 15.6. The average Bonchev–Trinajstić information content (AvgIpc) is 3.60. The molecular formula is C32H43ClN4O4. The van der Waals surface area contributed by atoms with Crippen LogP contribution in [0.4, 0.5) is 5.69 Å². The summed E-state index contributed by atoms with van der Waals surface area (Å²) in [5.74, 6) is -1.14. The quantitative estimate of drug-likeness (QED) is 0.447. The van der Waals surface area contributed by atoms with Gasteiger partial charge in [-0.3, -0.25) is 14.4 Å². The van der Waals surface area contributed by atoms with Gasteiger partial charge >= 0.3 is 0 Å². The fraction of sp³-hybridized carbons (Fsp3) is 0.656. The number of nitrogens with zero attached hydrogens (tertiary/aromatic N) is 2. The predicted octanol–water partition coefficient (Wildman–Crippen LogP) is 4.25. The molecule has 41 heavy (non-hydrogen) atoms. The summed E-state index contributed by atoms with van der Waals surface area (Å²) >= 11 is 6.02. The number of nitrogens with one attached hydrogen (secondary N) is 2. The molecule has 3 saturated heterocycles. The van der Waals surface area contributed by atoms with Crippen LogP contribution in [0, 0.1) is 23.7 Å². The van der Waals surface area contributed by atoms with Gasteiger partial charge in [-0.05, 0) is 81.4 Å². The fourth-order valence-electron chi connectivity index (χ4n) is 7.96. The molecule has 4 fully saturated rings. The number of rotatable bonds is 8. The molecular weight excluding hydrogens is 540 g/mol. The maximum atomic E-state index is 14.2. The second-order valence-electron chi connectivity index (χ2n) is 12.9. The summed E-state index contributed by atoms with van der Waals surface area (Å²) in [5, 5.41) is 6.88. The van der Waals surface area contributed by atoms with E-state index in [0.717, 1.165) is 38.9 Å². The van der Waals surface area contributed by atoms with Gasteiger partial charge in [0.15, 0.2) is 0 Å². The van der Waals surface area contributed by atoms with Gasteiger partial charge < -0.3 is 25.2 Å². The van der Waals surface area contributed by atoms with Crippen LogP contribution in [0.25, 0.3) is 0 Å². The highest BCUT2D eigenvalue weighted by atomic mass is 35.5. The van der Waals surface area contributed by atoms with Gasteiger partial charge in [0.2, 0.25) is 17.7 Å². The van der Waals surface area contributed by atoms with E-state index in [-0.39, 0.29) is 23.8 Å². The summed E-state index contributed by atoms with van der Waals surface area (Å²) < 4.78 is 6.52. The molecule has 1 aromatic carbocycles. The Morgan fingerprint density at radius 1 is 1.02 bits per heavy atom. The fourth-order valence-corrected chi connectivity index (χ4v) is 8.09. The Labute approximate surface area is 248 Å². The minimum Gasteiger partial charge on any atom is -0.359 e. The van der Waals surface area contributed by atoms with Crippen LogP contribution in [-0.2, 0) is 19.1 Å². The normalized spacial score (nSPS) is 36.4. The number of carbonyl (C=O) groups is 3. The van der Waals surface area contributed by atoms with Crippen LogP contribution in [-0.4, -0.2) is 77.5 Å². The number of fused-ring (bicyclic) bond motifs is 1. The lowest BCUT2D eigenvalue weighted by atomic mass is 9.73. The molecule has 1 aromatic rings. The smallest absolute Gasteiger partial charge is 0.246 e. The van der Waals surface area contributed by atoms with Gasteiger partial charge in [-0.2, -0.15) is 0 Å². The Hall–Kier alpha value is -2.42. The summed E-state index contributed by atoms with van der Waals surface area (Å²) in [7, 11) is 0. The standard InChI is InChI=1S/C32H43ClN4O4/c1-20-8-6-9-24(21(20)2)35-30(39)28-32-15-14-25(41-32)26(29(38)34-23-12-10-22(33)11-13-23)27(32)31(40)37(28)19-7-18-36-16-4-3-5-17-36/h10-15,20-21,24-28H,3-9,16-19H2,1-2H3,(H,34,38)(H,35,39)/t20-,21+,24+,25+,26+,27+,28+,32+/m1/s1. The Bertz CT molecular complexity index is 1180. The zero-order valence-electron chi connectivity index (χ0n) is 24.2. The lowest BCUT2D eigenvalue weighted by Crippen LogP contribution is -2.58. The molecule has 4 heterocycles. The van der Waals surface area contributed by atoms with Crippen molar-refractivity contribution in [3.05, 3.63) is 41.4 Å². The lowest BCUT2D eigenvalue weighted by molar-refractivity contribution is -0.141. The van der Waals surface area contributed by atoms with Crippen LogP contribution in [0.1, 0.15) is 58.8 Å². The van der Waals surface area contributed by atoms with E-state index in [1.165, 1.54) is 25.7 Å². The van der Waals surface area contributed by atoms with Gasteiger partial charge in [0.05, 0.1) is 17.9 Å². The van der Waals surface area contributed by atoms with Crippen molar-refractivity contribution in [3.63, 3.8) is 0 Å². The topological polar surface area (TPSA) is 91.0 Å². The molecule has 8 nitrogen and oxygen atoms in total. The molecule has 4 aliphatic heterocycles. The SMILES string of the molecule is C[C@H]1[C@H](C)CCC[C@@H]1NC(=O)[C@@H]1N(CCCN2CCCCC2)C(=O)[C@@H]2[C@@H](C(=O)Nc3ccc(Cl)cc3)[C@@H]3C=C[C@]21O3. The molecule has 222 valence electrons. The Morgan fingerprint density at radius 3 is 2.54 bits per heavy atom. The third kappa shape index (κ3) is 5.32. The van der Waals surface area contributed by atoms with Crippen molar-refractivity contribution >= 4 is 35.0 Å². The zero-order chi connectivity index (χ0) is 28.7. The molecule has 2 N–H and O–H groups in total. The maximum absolute atomic E-state index is 14.2. The van der Waals surface area contributed by atoms with E-state index in [4.69, 9.17) is 16.3 Å². The Balaban J connectivity index is 1.24. The zero-order valence-corrected chi connectivity index (χ0v) is 24.9. The minimum atomic E-state index is -1.14. The highest BCUT2D eigenvalue weighted by molar-refractivity contribution is 6.30. The monoisotopic (exact) mass is 582 g/mol. The van der Waals surface area contributed by atoms with Gasteiger partial charge in [-0.1, -0.05) is 56.9 Å². The number of ether oxygens (including phenoxy) is 1. The average molecular weight is 583 g/mol. The molecule has 0 aromatic heterocycles. The summed E-state index contributed by atoms with van der Waals surface area (Å²) in [6.07, 6.45) is 10.9. The van der Waals surface area contributed by atoms with Crippen LogP contribution in [0.2, 0.25) is 5.02 Å². The Morgan fingerprint density at radius 2 is 1.78 bits per heavy atom. The third-order valence-corrected chi connectivity index (χ3v) is 10.6. The van der Waals surface area contributed by atoms with Gasteiger partial charge in [-0.15, -0.1) is 0 Å². The number of anilines is 1. The number of amides is 3. The number of hydrogen-bond donors (Lipinski definition) is 2. The Kier molecular flexibility index (Phi) is 8.18. The second kappa shape index (κ2) is 11.7. The number of carbonyl (C=O) groups excluding carboxylic acids is 3. The lowest BCUT2D eigenvalue weighted by Gasteiger charge is -2.38. The van der Waals surface area contributed by atoms with Crippen LogP contribution in [0.3, 0.4) is 0 Å². The molecule has 5 aliphatic rings. The largest absolute Gasteiger partial charge is 0.359 e. The van der Waals surface area contributed by atoms with Crippen LogP contribution in [0.15, 0.2) is 36.4 Å². The molecule has 9 heteroatoms. The number of halogens is 1. The van der Waals surface area contributed by atoms with Crippen molar-refractivity contribution in [3.8, 4) is 0 Å². The molecule has 3 amide bonds. The van der Waals surface area contributed by atoms with Crippen molar-refractivity contribution < 1.29 is 19.1 Å². The first-order valence-corrected chi connectivity index (χ1v) is 15.9. The molecule has 8 atom stereocenters. The van der Waals surface area contributed by atoms with Gasteiger partial charge in [0.25, 0.3) is 0 Å². The number of likely N-dealkylation sites (tertiary alicyclic amines) is 2. The second-order valence-corrected chi connectivity index (χ2v) is 13.3. The van der Waals surface area contributed by atoms with Crippen molar-refractivity contribution in [1.29, 1.82) is 0 Å². The van der Waals surface area contributed by atoms with E-state index in [0.29, 0.717) is 29.1 Å². The number of piperidine rings is 1. The number of benzene rings is 1. The molecule has 6 rings (SSSR count). The summed E-state index contributed by atoms with van der Waals surface area (Å²) in [4.78, 5) is 46.2. The van der Waals surface area contributed by atoms with Gasteiger partial charge in [0.1, 0.15) is 11.6 Å². The number of hydrogen-bond acceptors (Lipinski definition) is 5. The third-order valence-electron chi connectivity index (χ3n) is 10.4. The van der Waals surface area contributed by atoms with E-state index in [9.17, 15) is 14.4 Å². The van der Waals surface area contributed by atoms with Crippen LogP contribution >= 0.6 is 11.6 Å². The first kappa shape index (κ1) is 28.7. The molecule has 2 bridgehead atoms. The van der Waals surface area contributed by atoms with E-state index < -0.39 is 29.6 Å². The predicted molar refractivity (Wildman–Crippen MR) is 158 cm³/mol. The minimum absolute atomic E-state index is 0.0681. The molecule has 0 unspecified atom stereocenters. The van der Waals surface area contributed by atoms with E-state index >= 15 is 0 Å². The van der Waals surface area contributed by atoms with Crippen molar-refractivity contribution in [2.24, 2.45) is 23.7 Å². The first-order chi connectivity index (χ1) is 19.8. The highest BCUT2D eigenvalue weighted by Crippen LogP contribution is 2.55. The molecule has 1 saturated carbocycles. The molecule has 0 radical (unpaired) electrons. The van der Waals surface area contributed by atoms with E-state index in [2.05, 4.69) is 29.4 Å². The van der Waals surface area contributed by atoms with Crippen molar-refractivity contribution in [1.82, 2.24) is 15.1 Å².